The van der Waals surface area contributed by atoms with Gasteiger partial charge < -0.3 is 9.64 Å². The van der Waals surface area contributed by atoms with E-state index in [-0.39, 0.29) is 18.5 Å². The number of rotatable bonds is 6. The molecule has 0 radical (unpaired) electrons. The molecule has 3 rings (SSSR count). The maximum absolute atomic E-state index is 12.0. The summed E-state index contributed by atoms with van der Waals surface area (Å²) >= 11 is 0. The number of carbonyl (C=O) groups excluding carboxylic acids is 2. The maximum atomic E-state index is 12.0. The number of likely N-dealkylation sites (tertiary alicyclic amines) is 1. The fraction of sp³-hybridized carbons (Fsp3) is 0.238. The summed E-state index contributed by atoms with van der Waals surface area (Å²) in [4.78, 5) is 25.5. The molecule has 128 valence electrons. The van der Waals surface area contributed by atoms with Crippen molar-refractivity contribution in [2.75, 3.05) is 13.2 Å². The van der Waals surface area contributed by atoms with Crippen LogP contribution in [0.2, 0.25) is 0 Å². The summed E-state index contributed by atoms with van der Waals surface area (Å²) in [6.07, 6.45) is 5.31. The number of hydrogen-bond donors (Lipinski definition) is 0. The maximum Gasteiger partial charge on any atom is 0.338 e. The van der Waals surface area contributed by atoms with Crippen LogP contribution in [0.25, 0.3) is 6.08 Å². The molecule has 0 atom stereocenters. The molecule has 0 unspecified atom stereocenters. The molecule has 2 aromatic carbocycles. The van der Waals surface area contributed by atoms with Crippen molar-refractivity contribution >= 4 is 18.0 Å². The molecule has 2 aromatic rings. The number of amides is 1. The first-order valence-corrected chi connectivity index (χ1v) is 8.48. The van der Waals surface area contributed by atoms with Crippen LogP contribution in [-0.4, -0.2) is 29.9 Å². The van der Waals surface area contributed by atoms with Crippen LogP contribution in [-0.2, 0) is 16.1 Å². The average molecular weight is 335 g/mol. The van der Waals surface area contributed by atoms with Crippen molar-refractivity contribution in [1.82, 2.24) is 4.90 Å². The van der Waals surface area contributed by atoms with Crippen molar-refractivity contribution in [2.45, 2.75) is 19.4 Å². The van der Waals surface area contributed by atoms with E-state index in [4.69, 9.17) is 4.74 Å². The average Bonchev–Trinajstić information content (AvgIpc) is 3.05. The topological polar surface area (TPSA) is 46.6 Å². The normalized spacial score (nSPS) is 14.2. The zero-order valence-corrected chi connectivity index (χ0v) is 14.1. The highest BCUT2D eigenvalue weighted by molar-refractivity contribution is 5.89. The van der Waals surface area contributed by atoms with E-state index < -0.39 is 0 Å². The molecule has 1 aliphatic heterocycles. The van der Waals surface area contributed by atoms with E-state index >= 15 is 0 Å². The predicted octanol–water partition coefficient (Wildman–Crippen LogP) is 3.68. The van der Waals surface area contributed by atoms with Gasteiger partial charge in [0.25, 0.3) is 0 Å². The minimum Gasteiger partial charge on any atom is -0.458 e. The molecule has 4 heteroatoms. The third kappa shape index (κ3) is 4.80. The number of benzene rings is 2. The Kier molecular flexibility index (Phi) is 5.62. The van der Waals surface area contributed by atoms with Gasteiger partial charge in [0, 0.05) is 19.5 Å². The largest absolute Gasteiger partial charge is 0.458 e. The third-order valence-corrected chi connectivity index (χ3v) is 4.15. The minimum absolute atomic E-state index is 0.202. The van der Waals surface area contributed by atoms with E-state index in [1.807, 2.05) is 59.5 Å². The quantitative estimate of drug-likeness (QED) is 0.757. The molecule has 1 fully saturated rings. The Bertz CT molecular complexity index is 750. The molecule has 4 nitrogen and oxygen atoms in total. The second-order valence-corrected chi connectivity index (χ2v) is 6.03. The monoisotopic (exact) mass is 335 g/mol. The Morgan fingerprint density at radius 1 is 1.08 bits per heavy atom. The Morgan fingerprint density at radius 2 is 1.84 bits per heavy atom. The van der Waals surface area contributed by atoms with Gasteiger partial charge in [-0.25, -0.2) is 4.79 Å². The molecule has 0 spiro atoms. The van der Waals surface area contributed by atoms with Crippen LogP contribution < -0.4 is 0 Å². The molecule has 1 aliphatic rings. The summed E-state index contributed by atoms with van der Waals surface area (Å²) < 4.78 is 5.25. The number of esters is 1. The van der Waals surface area contributed by atoms with Crippen molar-refractivity contribution < 1.29 is 14.3 Å². The number of hydrogen-bond acceptors (Lipinski definition) is 3. The van der Waals surface area contributed by atoms with E-state index in [9.17, 15) is 9.59 Å². The van der Waals surface area contributed by atoms with Gasteiger partial charge in [-0.05, 0) is 35.8 Å². The molecule has 1 heterocycles. The van der Waals surface area contributed by atoms with E-state index in [1.54, 1.807) is 12.1 Å². The lowest BCUT2D eigenvalue weighted by atomic mass is 10.1. The predicted molar refractivity (Wildman–Crippen MR) is 96.9 cm³/mol. The molecule has 25 heavy (non-hydrogen) atoms. The van der Waals surface area contributed by atoms with Crippen LogP contribution in [0.4, 0.5) is 0 Å². The number of carbonyl (C=O) groups is 2. The highest BCUT2D eigenvalue weighted by Gasteiger charge is 2.20. The van der Waals surface area contributed by atoms with Gasteiger partial charge in [-0.15, -0.1) is 0 Å². The van der Waals surface area contributed by atoms with Crippen LogP contribution in [0.5, 0.6) is 0 Å². The summed E-state index contributed by atoms with van der Waals surface area (Å²) in [7, 11) is 0. The fourth-order valence-electron chi connectivity index (χ4n) is 2.79. The van der Waals surface area contributed by atoms with Crippen LogP contribution >= 0.6 is 0 Å². The van der Waals surface area contributed by atoms with Gasteiger partial charge in [0.15, 0.2) is 0 Å². The van der Waals surface area contributed by atoms with E-state index in [1.165, 1.54) is 0 Å². The second kappa shape index (κ2) is 8.29. The molecular weight excluding hydrogens is 314 g/mol. The lowest BCUT2D eigenvalue weighted by Gasteiger charge is -2.15. The third-order valence-electron chi connectivity index (χ3n) is 4.15. The summed E-state index contributed by atoms with van der Waals surface area (Å²) in [5, 5.41) is 0. The Morgan fingerprint density at radius 3 is 2.52 bits per heavy atom. The van der Waals surface area contributed by atoms with Gasteiger partial charge in [0.2, 0.25) is 5.91 Å². The molecule has 0 saturated carbocycles. The summed E-state index contributed by atoms with van der Waals surface area (Å²) in [5.74, 6) is -0.143. The smallest absolute Gasteiger partial charge is 0.338 e. The number of nitrogens with zero attached hydrogens (tertiary/aromatic N) is 1. The summed E-state index contributed by atoms with van der Waals surface area (Å²) in [6.45, 7) is 1.65. The van der Waals surface area contributed by atoms with E-state index in [0.29, 0.717) is 18.5 Å². The van der Waals surface area contributed by atoms with Crippen molar-refractivity contribution in [1.29, 1.82) is 0 Å². The highest BCUT2D eigenvalue weighted by Crippen LogP contribution is 2.15. The second-order valence-electron chi connectivity index (χ2n) is 6.03. The zero-order valence-electron chi connectivity index (χ0n) is 14.1. The Labute approximate surface area is 147 Å². The molecule has 1 saturated heterocycles. The van der Waals surface area contributed by atoms with Crippen molar-refractivity contribution in [3.05, 3.63) is 77.4 Å². The van der Waals surface area contributed by atoms with Gasteiger partial charge in [-0.2, -0.15) is 0 Å². The summed E-state index contributed by atoms with van der Waals surface area (Å²) in [6, 6.07) is 17.1. The Hall–Kier alpha value is -2.88. The van der Waals surface area contributed by atoms with E-state index in [2.05, 4.69) is 0 Å². The first kappa shape index (κ1) is 17.0. The molecule has 1 amide bonds. The molecule has 0 aliphatic carbocycles. The van der Waals surface area contributed by atoms with Gasteiger partial charge in [-0.3, -0.25) is 4.79 Å². The standard InChI is InChI=1S/C21H21NO3/c23-20-9-4-14-22(20)16-18-10-12-19(13-11-18)21(24)25-15-5-8-17-6-2-1-3-7-17/h1-3,5-8,10-13H,4,9,14-16H2/b8-5+. The Balaban J connectivity index is 1.49. The SMILES string of the molecule is O=C(OC/C=C/c1ccccc1)c1ccc(CN2CCCC2=O)cc1. The van der Waals surface area contributed by atoms with Crippen molar-refractivity contribution in [3.8, 4) is 0 Å². The van der Waals surface area contributed by atoms with Crippen molar-refractivity contribution in [2.24, 2.45) is 0 Å². The first-order chi connectivity index (χ1) is 12.2. The lowest BCUT2D eigenvalue weighted by Crippen LogP contribution is -2.23. The van der Waals surface area contributed by atoms with Gasteiger partial charge in [0.05, 0.1) is 5.56 Å². The lowest BCUT2D eigenvalue weighted by molar-refractivity contribution is -0.128. The van der Waals surface area contributed by atoms with Crippen LogP contribution in [0.3, 0.4) is 0 Å². The van der Waals surface area contributed by atoms with Crippen LogP contribution in [0.1, 0.15) is 34.3 Å². The summed E-state index contributed by atoms with van der Waals surface area (Å²) in [5.41, 5.74) is 2.61. The molecular formula is C21H21NO3. The fourth-order valence-corrected chi connectivity index (χ4v) is 2.79. The molecule has 0 N–H and O–H groups in total. The van der Waals surface area contributed by atoms with Crippen molar-refractivity contribution in [3.63, 3.8) is 0 Å². The van der Waals surface area contributed by atoms with Gasteiger partial charge in [0.1, 0.15) is 6.61 Å². The number of ether oxygens (including phenoxy) is 1. The van der Waals surface area contributed by atoms with Crippen LogP contribution in [0, 0.1) is 0 Å². The molecule has 0 aromatic heterocycles. The first-order valence-electron chi connectivity index (χ1n) is 8.48. The van der Waals surface area contributed by atoms with Gasteiger partial charge in [-0.1, -0.05) is 48.5 Å². The van der Waals surface area contributed by atoms with Crippen LogP contribution in [0.15, 0.2) is 60.7 Å². The minimum atomic E-state index is -0.346. The van der Waals surface area contributed by atoms with E-state index in [0.717, 1.165) is 24.1 Å². The van der Waals surface area contributed by atoms with Gasteiger partial charge >= 0.3 is 5.97 Å². The zero-order chi connectivity index (χ0) is 17.5. The highest BCUT2D eigenvalue weighted by atomic mass is 16.5. The molecule has 0 bridgehead atoms.